The van der Waals surface area contributed by atoms with Gasteiger partial charge in [0.2, 0.25) is 5.91 Å². The topological polar surface area (TPSA) is 85.4 Å². The Kier molecular flexibility index (Phi) is 6.60. The fourth-order valence-corrected chi connectivity index (χ4v) is 4.11. The van der Waals surface area contributed by atoms with Crippen LogP contribution in [0.25, 0.3) is 10.9 Å². The van der Waals surface area contributed by atoms with Gasteiger partial charge >= 0.3 is 0 Å². The second kappa shape index (κ2) is 9.56. The molecule has 7 nitrogen and oxygen atoms in total. The second-order valence-corrected chi connectivity index (χ2v) is 8.17. The van der Waals surface area contributed by atoms with Gasteiger partial charge in [0, 0.05) is 24.4 Å². The fraction of sp³-hybridized carbons (Fsp3) is 0.348. The molecule has 1 fully saturated rings. The van der Waals surface area contributed by atoms with Gasteiger partial charge in [-0.25, -0.2) is 14.4 Å². The van der Waals surface area contributed by atoms with Crippen molar-refractivity contribution in [1.82, 2.24) is 15.3 Å². The highest BCUT2D eigenvalue weighted by molar-refractivity contribution is 6.31. The molecule has 1 amide bonds. The lowest BCUT2D eigenvalue weighted by atomic mass is 9.93. The maximum atomic E-state index is 14.4. The summed E-state index contributed by atoms with van der Waals surface area (Å²) in [5, 5.41) is 6.65. The first kappa shape index (κ1) is 22.1. The molecule has 0 unspecified atom stereocenters. The number of benzene rings is 2. The largest absolute Gasteiger partial charge is 0.493 e. The number of fused-ring (bicyclic) bond motifs is 1. The second-order valence-electron chi connectivity index (χ2n) is 7.76. The molecule has 0 radical (unpaired) electrons. The molecule has 168 valence electrons. The summed E-state index contributed by atoms with van der Waals surface area (Å²) in [6.45, 7) is 1.53. The zero-order valence-electron chi connectivity index (χ0n) is 17.8. The maximum absolute atomic E-state index is 14.4. The van der Waals surface area contributed by atoms with Crippen LogP contribution in [0, 0.1) is 5.82 Å². The van der Waals surface area contributed by atoms with Crippen molar-refractivity contribution in [1.29, 1.82) is 0 Å². The number of anilines is 2. The van der Waals surface area contributed by atoms with E-state index in [0.29, 0.717) is 28.2 Å². The van der Waals surface area contributed by atoms with Crippen molar-refractivity contribution < 1.29 is 18.7 Å². The van der Waals surface area contributed by atoms with E-state index in [-0.39, 0.29) is 28.8 Å². The van der Waals surface area contributed by atoms with Crippen molar-refractivity contribution in [2.24, 2.45) is 0 Å². The first-order chi connectivity index (χ1) is 15.4. The van der Waals surface area contributed by atoms with Gasteiger partial charge in [0.1, 0.15) is 12.1 Å². The average molecular weight is 459 g/mol. The van der Waals surface area contributed by atoms with Crippen molar-refractivity contribution in [2.45, 2.75) is 44.8 Å². The lowest BCUT2D eigenvalue weighted by Gasteiger charge is -2.29. The highest BCUT2D eigenvalue weighted by Gasteiger charge is 2.24. The van der Waals surface area contributed by atoms with E-state index in [1.165, 1.54) is 19.3 Å². The Morgan fingerprint density at radius 2 is 1.94 bits per heavy atom. The summed E-state index contributed by atoms with van der Waals surface area (Å²) >= 11 is 5.90. The number of ether oxygens (including phenoxy) is 2. The smallest absolute Gasteiger partial charge is 0.217 e. The number of nitrogens with zero attached hydrogens (tertiary/aromatic N) is 2. The Balaban J connectivity index is 1.60. The van der Waals surface area contributed by atoms with E-state index in [9.17, 15) is 9.18 Å². The number of amides is 1. The molecule has 1 aliphatic carbocycles. The standard InChI is InChI=1S/C23H24ClFN4O3/c1-13(30)28-14-6-8-15(9-7-14)32-21-10-16-19(11-20(21)31-2)26-12-27-23(16)29-18-5-3-4-17(24)22(18)25/h3-5,10-12,14-15H,6-9H2,1-2H3,(H,28,30)(H,26,27,29). The zero-order valence-corrected chi connectivity index (χ0v) is 18.6. The first-order valence-electron chi connectivity index (χ1n) is 10.4. The molecule has 2 N–H and O–H groups in total. The van der Waals surface area contributed by atoms with Gasteiger partial charge in [0.25, 0.3) is 0 Å². The van der Waals surface area contributed by atoms with Gasteiger partial charge in [-0.15, -0.1) is 0 Å². The Bertz CT molecular complexity index is 1140. The quantitative estimate of drug-likeness (QED) is 0.540. The van der Waals surface area contributed by atoms with Crippen LogP contribution in [0.5, 0.6) is 11.5 Å². The molecule has 9 heteroatoms. The predicted octanol–water partition coefficient (Wildman–Crippen LogP) is 5.00. The number of hydrogen-bond donors (Lipinski definition) is 2. The Morgan fingerprint density at radius 1 is 1.16 bits per heavy atom. The lowest BCUT2D eigenvalue weighted by Crippen LogP contribution is -2.38. The number of hydrogen-bond acceptors (Lipinski definition) is 6. The van der Waals surface area contributed by atoms with Crippen LogP contribution >= 0.6 is 11.6 Å². The number of rotatable bonds is 6. The average Bonchev–Trinajstić information content (AvgIpc) is 2.78. The molecular weight excluding hydrogens is 435 g/mol. The van der Waals surface area contributed by atoms with E-state index < -0.39 is 5.82 Å². The molecule has 0 aliphatic heterocycles. The van der Waals surface area contributed by atoms with Crippen LogP contribution in [-0.2, 0) is 4.79 Å². The number of methoxy groups -OCH3 is 1. The molecule has 1 aliphatic rings. The maximum Gasteiger partial charge on any atom is 0.217 e. The summed E-state index contributed by atoms with van der Waals surface area (Å²) in [7, 11) is 1.57. The third-order valence-corrected chi connectivity index (χ3v) is 5.79. The molecule has 0 spiro atoms. The van der Waals surface area contributed by atoms with Crippen molar-refractivity contribution in [2.75, 3.05) is 12.4 Å². The minimum Gasteiger partial charge on any atom is -0.493 e. The van der Waals surface area contributed by atoms with E-state index >= 15 is 0 Å². The minimum atomic E-state index is -0.554. The molecule has 1 heterocycles. The van der Waals surface area contributed by atoms with E-state index in [4.69, 9.17) is 21.1 Å². The van der Waals surface area contributed by atoms with Gasteiger partial charge in [0.15, 0.2) is 17.3 Å². The predicted molar refractivity (Wildman–Crippen MR) is 121 cm³/mol. The molecular formula is C23H24ClFN4O3. The molecule has 32 heavy (non-hydrogen) atoms. The van der Waals surface area contributed by atoms with E-state index in [1.807, 2.05) is 0 Å². The SMILES string of the molecule is COc1cc2ncnc(Nc3cccc(Cl)c3F)c2cc1OC1CCC(NC(C)=O)CC1. The summed E-state index contributed by atoms with van der Waals surface area (Å²) in [4.78, 5) is 19.9. The zero-order chi connectivity index (χ0) is 22.7. The number of halogens is 2. The molecule has 0 atom stereocenters. The van der Waals surface area contributed by atoms with Gasteiger partial charge in [-0.1, -0.05) is 17.7 Å². The molecule has 1 saturated carbocycles. The van der Waals surface area contributed by atoms with Crippen LogP contribution in [-0.4, -0.2) is 35.1 Å². The van der Waals surface area contributed by atoms with Crippen molar-refractivity contribution in [3.63, 3.8) is 0 Å². The molecule has 0 bridgehead atoms. The molecule has 2 aromatic carbocycles. The molecule has 3 aromatic rings. The Labute approximate surface area is 190 Å². The van der Waals surface area contributed by atoms with E-state index in [0.717, 1.165) is 25.7 Å². The van der Waals surface area contributed by atoms with Crippen LogP contribution in [0.15, 0.2) is 36.7 Å². The van der Waals surface area contributed by atoms with Crippen LogP contribution in [0.2, 0.25) is 5.02 Å². The van der Waals surface area contributed by atoms with E-state index in [1.54, 1.807) is 31.4 Å². The summed E-state index contributed by atoms with van der Waals surface area (Å²) in [5.41, 5.74) is 0.843. The van der Waals surface area contributed by atoms with Crippen LogP contribution in [0.3, 0.4) is 0 Å². The van der Waals surface area contributed by atoms with Gasteiger partial charge in [-0.3, -0.25) is 4.79 Å². The highest BCUT2D eigenvalue weighted by atomic mass is 35.5. The van der Waals surface area contributed by atoms with Crippen molar-refractivity contribution in [3.05, 3.63) is 47.5 Å². The van der Waals surface area contributed by atoms with Crippen molar-refractivity contribution >= 4 is 39.9 Å². The summed E-state index contributed by atoms with van der Waals surface area (Å²) < 4.78 is 26.2. The minimum absolute atomic E-state index is 0.00206. The van der Waals surface area contributed by atoms with Gasteiger partial charge in [-0.2, -0.15) is 0 Å². The summed E-state index contributed by atoms with van der Waals surface area (Å²) in [6.07, 6.45) is 4.73. The van der Waals surface area contributed by atoms with Gasteiger partial charge < -0.3 is 20.1 Å². The number of aromatic nitrogens is 2. The third kappa shape index (κ3) is 4.85. The lowest BCUT2D eigenvalue weighted by molar-refractivity contribution is -0.120. The van der Waals surface area contributed by atoms with Gasteiger partial charge in [-0.05, 0) is 43.9 Å². The summed E-state index contributed by atoms with van der Waals surface area (Å²) in [6, 6.07) is 8.49. The number of carbonyl (C=O) groups is 1. The molecule has 4 rings (SSSR count). The van der Waals surface area contributed by atoms with E-state index in [2.05, 4.69) is 20.6 Å². The highest BCUT2D eigenvalue weighted by Crippen LogP contribution is 2.37. The van der Waals surface area contributed by atoms with Crippen LogP contribution in [0.1, 0.15) is 32.6 Å². The monoisotopic (exact) mass is 458 g/mol. The third-order valence-electron chi connectivity index (χ3n) is 5.50. The van der Waals surface area contributed by atoms with Crippen molar-refractivity contribution in [3.8, 4) is 11.5 Å². The molecule has 1 aromatic heterocycles. The Morgan fingerprint density at radius 3 is 2.66 bits per heavy atom. The normalized spacial score (nSPS) is 18.2. The first-order valence-corrected chi connectivity index (χ1v) is 10.8. The molecule has 0 saturated heterocycles. The van der Waals surface area contributed by atoms with Gasteiger partial charge in [0.05, 0.1) is 29.4 Å². The van der Waals surface area contributed by atoms with Crippen LogP contribution in [0.4, 0.5) is 15.9 Å². The number of carbonyl (C=O) groups excluding carboxylic acids is 1. The Hall–Kier alpha value is -3.13. The van der Waals surface area contributed by atoms with Crippen LogP contribution < -0.4 is 20.1 Å². The fourth-order valence-electron chi connectivity index (χ4n) is 3.94. The number of nitrogens with one attached hydrogen (secondary N) is 2. The summed E-state index contributed by atoms with van der Waals surface area (Å²) in [5.74, 6) is 0.981.